The Labute approximate surface area is 248 Å². The van der Waals surface area contributed by atoms with Gasteiger partial charge >= 0.3 is 0 Å². The second-order valence-corrected chi connectivity index (χ2v) is 12.1. The first-order valence-corrected chi connectivity index (χ1v) is 15.8. The lowest BCUT2D eigenvalue weighted by Gasteiger charge is -2.34. The topological polar surface area (TPSA) is 96.0 Å². The zero-order chi connectivity index (χ0) is 30.0. The Hall–Kier alpha value is -3.56. The number of anilines is 1. The van der Waals surface area contributed by atoms with Crippen LogP contribution >= 0.6 is 11.6 Å². The molecule has 0 radical (unpaired) electrons. The fraction of sp³-hybridized carbons (Fsp3) is 0.355. The van der Waals surface area contributed by atoms with Crippen LogP contribution in [-0.2, 0) is 32.6 Å². The molecule has 3 aromatic carbocycles. The van der Waals surface area contributed by atoms with Gasteiger partial charge in [-0.15, -0.1) is 0 Å². The van der Waals surface area contributed by atoms with Crippen molar-refractivity contribution in [2.45, 2.75) is 52.2 Å². The quantitative estimate of drug-likeness (QED) is 0.279. The average molecular weight is 600 g/mol. The van der Waals surface area contributed by atoms with E-state index >= 15 is 0 Å². The molecule has 0 heterocycles. The van der Waals surface area contributed by atoms with Crippen LogP contribution in [0.3, 0.4) is 0 Å². The Balaban J connectivity index is 2.09. The highest BCUT2D eigenvalue weighted by molar-refractivity contribution is 7.92. The molecule has 0 saturated heterocycles. The van der Waals surface area contributed by atoms with Crippen LogP contribution in [0.2, 0.25) is 5.02 Å². The zero-order valence-corrected chi connectivity index (χ0v) is 25.5. The van der Waals surface area contributed by atoms with E-state index in [0.29, 0.717) is 29.4 Å². The van der Waals surface area contributed by atoms with Gasteiger partial charge in [0.1, 0.15) is 18.3 Å². The molecular weight excluding hydrogens is 562 g/mol. The van der Waals surface area contributed by atoms with Crippen molar-refractivity contribution < 1.29 is 22.7 Å². The first kappa shape index (κ1) is 32.0. The first-order valence-electron chi connectivity index (χ1n) is 13.6. The number of rotatable bonds is 14. The molecule has 2 atom stereocenters. The van der Waals surface area contributed by atoms with Crippen molar-refractivity contribution >= 4 is 39.1 Å². The SMILES string of the molecule is CCOc1ccccc1N(CC(=O)N(Cc1ccccc1Cl)C(Cc1ccccc1)C(=O)NC(C)CC)S(C)(=O)=O. The van der Waals surface area contributed by atoms with E-state index in [1.807, 2.05) is 44.2 Å². The van der Waals surface area contributed by atoms with E-state index in [-0.39, 0.29) is 30.6 Å². The minimum absolute atomic E-state index is 0.00857. The number of carbonyl (C=O) groups is 2. The minimum Gasteiger partial charge on any atom is -0.492 e. The number of nitrogens with one attached hydrogen (secondary N) is 1. The van der Waals surface area contributed by atoms with Gasteiger partial charge in [-0.25, -0.2) is 8.42 Å². The molecule has 2 amide bonds. The van der Waals surface area contributed by atoms with Crippen molar-refractivity contribution in [1.29, 1.82) is 0 Å². The van der Waals surface area contributed by atoms with Crippen LogP contribution < -0.4 is 14.4 Å². The molecule has 1 N–H and O–H groups in total. The first-order chi connectivity index (χ1) is 19.5. The van der Waals surface area contributed by atoms with Gasteiger partial charge in [-0.1, -0.05) is 79.2 Å². The number of amides is 2. The number of hydrogen-bond donors (Lipinski definition) is 1. The number of benzene rings is 3. The number of para-hydroxylation sites is 2. The Kier molecular flexibility index (Phi) is 11.6. The largest absolute Gasteiger partial charge is 0.492 e. The summed E-state index contributed by atoms with van der Waals surface area (Å²) in [5.41, 5.74) is 1.74. The van der Waals surface area contributed by atoms with E-state index in [0.717, 1.165) is 16.1 Å². The third-order valence-electron chi connectivity index (χ3n) is 6.68. The summed E-state index contributed by atoms with van der Waals surface area (Å²) < 4.78 is 32.8. The number of ether oxygens (including phenoxy) is 1. The lowest BCUT2D eigenvalue weighted by molar-refractivity contribution is -0.140. The molecule has 3 rings (SSSR count). The van der Waals surface area contributed by atoms with Crippen molar-refractivity contribution in [2.24, 2.45) is 0 Å². The third kappa shape index (κ3) is 8.96. The maximum Gasteiger partial charge on any atom is 0.244 e. The number of sulfonamides is 1. The highest BCUT2D eigenvalue weighted by Crippen LogP contribution is 2.30. The smallest absolute Gasteiger partial charge is 0.244 e. The van der Waals surface area contributed by atoms with E-state index in [4.69, 9.17) is 16.3 Å². The molecule has 0 saturated carbocycles. The van der Waals surface area contributed by atoms with E-state index in [9.17, 15) is 18.0 Å². The molecule has 10 heteroatoms. The summed E-state index contributed by atoms with van der Waals surface area (Å²) in [4.78, 5) is 29.4. The van der Waals surface area contributed by atoms with Gasteiger partial charge in [-0.3, -0.25) is 13.9 Å². The van der Waals surface area contributed by atoms with E-state index in [1.165, 1.54) is 4.90 Å². The Bertz CT molecular complexity index is 1420. The number of nitrogens with zero attached hydrogens (tertiary/aromatic N) is 2. The average Bonchev–Trinajstić information content (AvgIpc) is 2.95. The van der Waals surface area contributed by atoms with Crippen molar-refractivity contribution in [3.63, 3.8) is 0 Å². The highest BCUT2D eigenvalue weighted by Gasteiger charge is 2.34. The van der Waals surface area contributed by atoms with Gasteiger partial charge in [0, 0.05) is 24.0 Å². The summed E-state index contributed by atoms with van der Waals surface area (Å²) in [7, 11) is -3.92. The van der Waals surface area contributed by atoms with E-state index in [2.05, 4.69) is 5.32 Å². The summed E-state index contributed by atoms with van der Waals surface area (Å²) in [6.07, 6.45) is 1.98. The van der Waals surface area contributed by atoms with Gasteiger partial charge in [0.25, 0.3) is 0 Å². The molecule has 0 aliphatic heterocycles. The summed E-state index contributed by atoms with van der Waals surface area (Å²) in [5, 5.41) is 3.45. The predicted octanol–water partition coefficient (Wildman–Crippen LogP) is 5.06. The minimum atomic E-state index is -3.92. The fourth-order valence-corrected chi connectivity index (χ4v) is 5.39. The molecule has 220 valence electrons. The lowest BCUT2D eigenvalue weighted by Crippen LogP contribution is -2.54. The summed E-state index contributed by atoms with van der Waals surface area (Å²) in [6, 6.07) is 22.1. The Morgan fingerprint density at radius 1 is 0.951 bits per heavy atom. The number of hydrogen-bond acceptors (Lipinski definition) is 5. The molecule has 0 spiro atoms. The van der Waals surface area contributed by atoms with Crippen LogP contribution in [0, 0.1) is 0 Å². The molecule has 0 aliphatic rings. The van der Waals surface area contributed by atoms with Crippen LogP contribution in [-0.4, -0.2) is 56.6 Å². The van der Waals surface area contributed by atoms with Crippen LogP contribution in [0.15, 0.2) is 78.9 Å². The summed E-state index contributed by atoms with van der Waals surface area (Å²) >= 11 is 6.49. The second kappa shape index (κ2) is 14.9. The van der Waals surface area contributed by atoms with Crippen molar-refractivity contribution in [1.82, 2.24) is 10.2 Å². The van der Waals surface area contributed by atoms with Gasteiger partial charge in [-0.05, 0) is 49.6 Å². The third-order valence-corrected chi connectivity index (χ3v) is 8.18. The highest BCUT2D eigenvalue weighted by atomic mass is 35.5. The summed E-state index contributed by atoms with van der Waals surface area (Å²) in [6.45, 7) is 5.44. The molecule has 2 unspecified atom stereocenters. The normalized spacial score (nSPS) is 12.7. The maximum absolute atomic E-state index is 14.2. The number of carbonyl (C=O) groups excluding carboxylic acids is 2. The summed E-state index contributed by atoms with van der Waals surface area (Å²) in [5.74, 6) is -0.549. The molecule has 8 nitrogen and oxygen atoms in total. The van der Waals surface area contributed by atoms with Gasteiger partial charge in [0.05, 0.1) is 18.6 Å². The standard InChI is InChI=1S/C31H38ClN3O5S/c1-5-23(3)33-31(37)28(20-24-14-8-7-9-15-24)34(21-25-16-10-11-17-26(25)32)30(36)22-35(41(4,38)39)27-18-12-13-19-29(27)40-6-2/h7-19,23,28H,5-6,20-22H2,1-4H3,(H,33,37). The Morgan fingerprint density at radius 2 is 1.59 bits per heavy atom. The molecule has 0 aliphatic carbocycles. The van der Waals surface area contributed by atoms with Crippen LogP contribution in [0.5, 0.6) is 5.75 Å². The van der Waals surface area contributed by atoms with Crippen LogP contribution in [0.1, 0.15) is 38.3 Å². The zero-order valence-electron chi connectivity index (χ0n) is 23.9. The van der Waals surface area contributed by atoms with Gasteiger partial charge in [0.2, 0.25) is 21.8 Å². The van der Waals surface area contributed by atoms with Gasteiger partial charge in [0.15, 0.2) is 0 Å². The maximum atomic E-state index is 14.2. The molecular formula is C31H38ClN3O5S. The number of halogens is 1. The predicted molar refractivity (Wildman–Crippen MR) is 164 cm³/mol. The molecule has 41 heavy (non-hydrogen) atoms. The van der Waals surface area contributed by atoms with Gasteiger partial charge < -0.3 is 15.0 Å². The molecule has 0 bridgehead atoms. The molecule has 0 fully saturated rings. The van der Waals surface area contributed by atoms with Gasteiger partial charge in [-0.2, -0.15) is 0 Å². The Morgan fingerprint density at radius 3 is 2.22 bits per heavy atom. The second-order valence-electron chi connectivity index (χ2n) is 9.81. The molecule has 3 aromatic rings. The van der Waals surface area contributed by atoms with Crippen LogP contribution in [0.25, 0.3) is 0 Å². The monoisotopic (exact) mass is 599 g/mol. The van der Waals surface area contributed by atoms with E-state index < -0.39 is 28.5 Å². The lowest BCUT2D eigenvalue weighted by atomic mass is 10.0. The van der Waals surface area contributed by atoms with Crippen molar-refractivity contribution in [3.05, 3.63) is 95.0 Å². The molecule has 0 aromatic heterocycles. The van der Waals surface area contributed by atoms with Crippen molar-refractivity contribution in [2.75, 3.05) is 23.7 Å². The van der Waals surface area contributed by atoms with Crippen LogP contribution in [0.4, 0.5) is 5.69 Å². The van der Waals surface area contributed by atoms with Crippen molar-refractivity contribution in [3.8, 4) is 5.75 Å². The fourth-order valence-electron chi connectivity index (χ4n) is 4.34. The van der Waals surface area contributed by atoms with E-state index in [1.54, 1.807) is 55.5 Å².